The summed E-state index contributed by atoms with van der Waals surface area (Å²) in [5.41, 5.74) is -0.0137. The molecule has 0 radical (unpaired) electrons. The van der Waals surface area contributed by atoms with E-state index in [1.54, 1.807) is 39.8 Å². The Labute approximate surface area is 175 Å². The van der Waals surface area contributed by atoms with Crippen molar-refractivity contribution in [2.75, 3.05) is 5.32 Å². The van der Waals surface area contributed by atoms with Gasteiger partial charge in [0.15, 0.2) is 11.6 Å². The lowest BCUT2D eigenvalue weighted by Crippen LogP contribution is -2.36. The third-order valence-electron chi connectivity index (χ3n) is 3.97. The minimum atomic E-state index is -0.595. The molecule has 0 spiro atoms. The Morgan fingerprint density at radius 1 is 1.34 bits per heavy atom. The van der Waals surface area contributed by atoms with Gasteiger partial charge in [-0.2, -0.15) is 11.3 Å². The normalized spacial score (nSPS) is 13.1. The Morgan fingerprint density at radius 3 is 2.69 bits per heavy atom. The number of carbonyl (C=O) groups is 2. The lowest BCUT2D eigenvalue weighted by molar-refractivity contribution is -0.120. The molecule has 0 aliphatic carbocycles. The third kappa shape index (κ3) is 5.18. The first-order chi connectivity index (χ1) is 13.6. The monoisotopic (exact) mass is 431 g/mol. The molecule has 0 saturated carbocycles. The zero-order valence-electron chi connectivity index (χ0n) is 16.5. The van der Waals surface area contributed by atoms with E-state index in [1.165, 1.54) is 33.3 Å². The van der Waals surface area contributed by atoms with Gasteiger partial charge in [0.1, 0.15) is 17.0 Å². The number of aromatic nitrogens is 2. The summed E-state index contributed by atoms with van der Waals surface area (Å²) in [6.45, 7) is 6.89. The molecule has 3 rings (SSSR count). The second-order valence-corrected chi connectivity index (χ2v) is 9.37. The summed E-state index contributed by atoms with van der Waals surface area (Å²) < 4.78 is 7.14. The molecule has 3 heterocycles. The van der Waals surface area contributed by atoms with E-state index in [-0.39, 0.29) is 23.7 Å². The molecular weight excluding hydrogens is 410 g/mol. The highest BCUT2D eigenvalue weighted by Crippen LogP contribution is 2.15. The Bertz CT molecular complexity index is 1210. The van der Waals surface area contributed by atoms with Crippen molar-refractivity contribution in [1.29, 1.82) is 0 Å². The topological polar surface area (TPSA) is 94.2 Å². The second-order valence-electron chi connectivity index (χ2n) is 7.53. The first-order valence-corrected chi connectivity index (χ1v) is 10.6. The summed E-state index contributed by atoms with van der Waals surface area (Å²) in [4.78, 5) is 37.9. The van der Waals surface area contributed by atoms with Crippen molar-refractivity contribution in [2.24, 2.45) is 5.41 Å². The highest BCUT2D eigenvalue weighted by atomic mass is 32.1. The van der Waals surface area contributed by atoms with Gasteiger partial charge in [0, 0.05) is 17.6 Å². The molecule has 1 N–H and O–H groups in total. The van der Waals surface area contributed by atoms with Crippen LogP contribution in [0, 0.1) is 12.3 Å². The van der Waals surface area contributed by atoms with Crippen LogP contribution < -0.4 is 20.1 Å². The molecule has 29 heavy (non-hydrogen) atoms. The van der Waals surface area contributed by atoms with Crippen LogP contribution in [0.5, 0.6) is 0 Å². The number of nitrogens with one attached hydrogen (secondary N) is 1. The average molecular weight is 432 g/mol. The van der Waals surface area contributed by atoms with Crippen LogP contribution in [0.2, 0.25) is 0 Å². The van der Waals surface area contributed by atoms with Crippen LogP contribution in [0.4, 0.5) is 5.82 Å². The maximum atomic E-state index is 12.9. The molecule has 9 heteroatoms. The van der Waals surface area contributed by atoms with Crippen LogP contribution in [0.15, 0.2) is 32.2 Å². The molecule has 7 nitrogen and oxygen atoms in total. The van der Waals surface area contributed by atoms with Crippen molar-refractivity contribution < 1.29 is 14.1 Å². The number of aryl methyl sites for hydroxylation is 1. The highest BCUT2D eigenvalue weighted by Gasteiger charge is 2.20. The van der Waals surface area contributed by atoms with Crippen LogP contribution >= 0.6 is 22.7 Å². The van der Waals surface area contributed by atoms with E-state index in [1.807, 2.05) is 16.8 Å². The van der Waals surface area contributed by atoms with Crippen molar-refractivity contribution in [3.8, 4) is 0 Å². The Morgan fingerprint density at radius 2 is 2.10 bits per heavy atom. The zero-order valence-corrected chi connectivity index (χ0v) is 18.1. The zero-order chi connectivity index (χ0) is 21.2. The number of amides is 1. The molecule has 1 amide bonds. The van der Waals surface area contributed by atoms with Crippen LogP contribution in [-0.2, 0) is 16.1 Å². The van der Waals surface area contributed by atoms with Crippen molar-refractivity contribution >= 4 is 52.3 Å². The molecule has 0 aliphatic rings. The number of anilines is 1. The number of carbonyl (C=O) groups excluding carboxylic acids is 2. The van der Waals surface area contributed by atoms with Crippen molar-refractivity contribution in [3.05, 3.63) is 53.8 Å². The van der Waals surface area contributed by atoms with Gasteiger partial charge < -0.3 is 9.84 Å². The minimum Gasteiger partial charge on any atom is -0.360 e. The maximum absolute atomic E-state index is 12.9. The molecule has 3 aromatic rings. The van der Waals surface area contributed by atoms with Crippen LogP contribution in [-0.4, -0.2) is 21.4 Å². The molecule has 0 aromatic carbocycles. The van der Waals surface area contributed by atoms with Crippen molar-refractivity contribution in [1.82, 2.24) is 9.72 Å². The number of rotatable bonds is 5. The van der Waals surface area contributed by atoms with E-state index in [9.17, 15) is 14.4 Å². The summed E-state index contributed by atoms with van der Waals surface area (Å²) >= 11 is 2.72. The predicted octanol–water partition coefficient (Wildman–Crippen LogP) is 2.13. The average Bonchev–Trinajstić information content (AvgIpc) is 3.33. The van der Waals surface area contributed by atoms with Gasteiger partial charge in [-0.15, -0.1) is 11.3 Å². The van der Waals surface area contributed by atoms with E-state index in [2.05, 4.69) is 10.5 Å². The largest absolute Gasteiger partial charge is 0.360 e. The molecule has 0 bridgehead atoms. The van der Waals surface area contributed by atoms with E-state index < -0.39 is 11.3 Å². The van der Waals surface area contributed by atoms with Gasteiger partial charge in [0.25, 0.3) is 5.56 Å². The highest BCUT2D eigenvalue weighted by molar-refractivity contribution is 7.08. The van der Waals surface area contributed by atoms with Gasteiger partial charge in [-0.05, 0) is 35.4 Å². The van der Waals surface area contributed by atoms with E-state index in [4.69, 9.17) is 4.52 Å². The van der Waals surface area contributed by atoms with Gasteiger partial charge in [0.2, 0.25) is 5.91 Å². The number of ketones is 1. The Kier molecular flexibility index (Phi) is 5.99. The van der Waals surface area contributed by atoms with E-state index in [0.29, 0.717) is 15.0 Å². The Hall–Kier alpha value is -2.78. The fourth-order valence-electron chi connectivity index (χ4n) is 2.38. The summed E-state index contributed by atoms with van der Waals surface area (Å²) in [6.07, 6.45) is 3.20. The van der Waals surface area contributed by atoms with Gasteiger partial charge >= 0.3 is 0 Å². The number of nitrogens with zero attached hydrogens (tertiary/aromatic N) is 2. The Balaban J connectivity index is 2.02. The standard InChI is InChI=1S/C20H21N3O4S2/c1-12-7-16(22-27-12)21-17(25)10-23-18(9-15(24)20(2,3)4)29-14(19(23)26)8-13-5-6-28-11-13/h5-9,11H,10H2,1-4H3,(H,21,22,25)/b14-8-,18-9+. The maximum Gasteiger partial charge on any atom is 0.269 e. The van der Waals surface area contributed by atoms with Crippen LogP contribution in [0.3, 0.4) is 0 Å². The molecule has 152 valence electrons. The van der Waals surface area contributed by atoms with Crippen molar-refractivity contribution in [2.45, 2.75) is 34.2 Å². The third-order valence-corrected chi connectivity index (χ3v) is 5.73. The van der Waals surface area contributed by atoms with E-state index in [0.717, 1.165) is 5.56 Å². The fourth-order valence-corrected chi connectivity index (χ4v) is 4.04. The first kappa shape index (κ1) is 20.9. The van der Waals surface area contributed by atoms with Crippen LogP contribution in [0.1, 0.15) is 32.1 Å². The summed E-state index contributed by atoms with van der Waals surface area (Å²) in [5.74, 6) is 0.280. The number of hydrogen-bond donors (Lipinski definition) is 1. The van der Waals surface area contributed by atoms with Gasteiger partial charge in [-0.3, -0.25) is 19.0 Å². The summed E-state index contributed by atoms with van der Waals surface area (Å²) in [6, 6.07) is 3.48. The smallest absolute Gasteiger partial charge is 0.269 e. The first-order valence-electron chi connectivity index (χ1n) is 8.86. The molecular formula is C20H21N3O4S2. The molecule has 0 fully saturated rings. The number of hydrogen-bond acceptors (Lipinski definition) is 7. The fraction of sp³-hybridized carbons (Fsp3) is 0.300. The van der Waals surface area contributed by atoms with Gasteiger partial charge in [-0.1, -0.05) is 25.9 Å². The summed E-state index contributed by atoms with van der Waals surface area (Å²) in [5, 5.41) is 10.2. The molecule has 0 saturated heterocycles. The number of thiazole rings is 1. The van der Waals surface area contributed by atoms with Crippen molar-refractivity contribution in [3.63, 3.8) is 0 Å². The SMILES string of the molecule is Cc1cc(NC(=O)Cn2c(=O)/c(=C/c3ccsc3)s/c2=C/C(=O)C(C)(C)C)no1. The lowest BCUT2D eigenvalue weighted by Gasteiger charge is -2.12. The molecule has 0 unspecified atom stereocenters. The molecule has 0 aliphatic heterocycles. The number of thiophene rings is 1. The summed E-state index contributed by atoms with van der Waals surface area (Å²) in [7, 11) is 0. The molecule has 3 aromatic heterocycles. The quantitative estimate of drug-likeness (QED) is 0.668. The second kappa shape index (κ2) is 8.30. The predicted molar refractivity (Wildman–Crippen MR) is 115 cm³/mol. The van der Waals surface area contributed by atoms with Crippen LogP contribution in [0.25, 0.3) is 12.2 Å². The number of Topliss-reactive ketones (excluding diaryl/α,β-unsaturated/α-hetero) is 1. The van der Waals surface area contributed by atoms with Gasteiger partial charge in [-0.25, -0.2) is 0 Å². The molecule has 0 atom stereocenters. The minimum absolute atomic E-state index is 0.123. The lowest BCUT2D eigenvalue weighted by atomic mass is 9.91. The van der Waals surface area contributed by atoms with Gasteiger partial charge in [0.05, 0.1) is 4.53 Å². The van der Waals surface area contributed by atoms with E-state index >= 15 is 0 Å².